The van der Waals surface area contributed by atoms with E-state index in [2.05, 4.69) is 26.8 Å². The second-order valence-corrected chi connectivity index (χ2v) is 13.7. The van der Waals surface area contributed by atoms with Crippen LogP contribution in [-0.2, 0) is 4.79 Å². The molecule has 0 spiro atoms. The molecule has 5 heteroatoms. The van der Waals surface area contributed by atoms with E-state index in [4.69, 9.17) is 0 Å². The molecule has 0 aliphatic heterocycles. The largest absolute Gasteiger partial charge is 0.481 e. The third kappa shape index (κ3) is 3.17. The average molecular weight is 461 g/mol. The number of carboxylic acid groups (broad SMARTS) is 1. The van der Waals surface area contributed by atoms with E-state index in [-0.39, 0.29) is 29.3 Å². The molecule has 5 nitrogen and oxygen atoms in total. The molecule has 4 fully saturated rings. The molecular weight excluding hydrogens is 416 g/mol. The first-order valence-corrected chi connectivity index (χ1v) is 13.3. The molecule has 5 aliphatic carbocycles. The Balaban J connectivity index is 1.52. The van der Waals surface area contributed by atoms with Gasteiger partial charge in [-0.15, -0.1) is 0 Å². The second kappa shape index (κ2) is 7.54. The Hall–Kier alpha value is -0.910. The number of aliphatic hydroxyl groups excluding tert-OH is 3. The molecule has 0 aromatic heterocycles. The molecule has 0 aromatic rings. The minimum absolute atomic E-state index is 0.0154. The summed E-state index contributed by atoms with van der Waals surface area (Å²) in [7, 11) is 0. The van der Waals surface area contributed by atoms with Crippen LogP contribution in [0.1, 0.15) is 85.5 Å². The summed E-state index contributed by atoms with van der Waals surface area (Å²) in [5, 5.41) is 42.1. The van der Waals surface area contributed by atoms with E-state index in [0.29, 0.717) is 24.2 Å². The lowest BCUT2D eigenvalue weighted by atomic mass is 9.40. The van der Waals surface area contributed by atoms with Crippen LogP contribution in [-0.4, -0.2) is 45.2 Å². The van der Waals surface area contributed by atoms with Crippen molar-refractivity contribution in [3.05, 3.63) is 11.6 Å². The molecule has 0 heterocycles. The average Bonchev–Trinajstić information content (AvgIpc) is 2.76. The lowest BCUT2D eigenvalue weighted by Gasteiger charge is -2.64. The van der Waals surface area contributed by atoms with Crippen LogP contribution < -0.4 is 0 Å². The molecule has 0 aromatic carbocycles. The third-order valence-corrected chi connectivity index (χ3v) is 11.8. The smallest absolute Gasteiger partial charge is 0.310 e. The van der Waals surface area contributed by atoms with E-state index >= 15 is 0 Å². The van der Waals surface area contributed by atoms with Crippen LogP contribution in [0.5, 0.6) is 0 Å². The molecule has 4 N–H and O–H groups in total. The van der Waals surface area contributed by atoms with Crippen molar-refractivity contribution in [2.24, 2.45) is 51.2 Å². The SMILES string of the molecule is CC1(C)CC[C@]2(C(=O)O)CC[C@]3(C)C(=CCC4C5C[C@H](O)[C@H](O)[C@@](C)(CO)C5CCC43)C2C1. The van der Waals surface area contributed by atoms with Gasteiger partial charge in [-0.25, -0.2) is 0 Å². The van der Waals surface area contributed by atoms with Crippen molar-refractivity contribution in [3.8, 4) is 0 Å². The molecule has 5 aliphatic rings. The zero-order valence-corrected chi connectivity index (χ0v) is 20.9. The van der Waals surface area contributed by atoms with Crippen LogP contribution in [0.4, 0.5) is 0 Å². The normalized spacial score (nSPS) is 53.1. The molecule has 10 atom stereocenters. The van der Waals surface area contributed by atoms with Gasteiger partial charge in [-0.05, 0) is 98.2 Å². The van der Waals surface area contributed by atoms with E-state index < -0.39 is 29.0 Å². The van der Waals surface area contributed by atoms with Gasteiger partial charge in [0.05, 0.1) is 24.2 Å². The van der Waals surface area contributed by atoms with Crippen molar-refractivity contribution >= 4 is 5.97 Å². The highest BCUT2D eigenvalue weighted by atomic mass is 16.4. The number of carboxylic acids is 1. The second-order valence-electron chi connectivity index (χ2n) is 13.7. The molecule has 5 rings (SSSR count). The van der Waals surface area contributed by atoms with Crippen LogP contribution in [0.15, 0.2) is 11.6 Å². The number of aliphatic hydroxyl groups is 3. The minimum Gasteiger partial charge on any atom is -0.481 e. The number of hydrogen-bond donors (Lipinski definition) is 4. The van der Waals surface area contributed by atoms with Gasteiger partial charge in [0.15, 0.2) is 0 Å². The van der Waals surface area contributed by atoms with Crippen molar-refractivity contribution in [1.82, 2.24) is 0 Å². The fraction of sp³-hybridized carbons (Fsp3) is 0.893. The summed E-state index contributed by atoms with van der Waals surface area (Å²) in [6.07, 6.45) is 8.76. The molecule has 4 saturated carbocycles. The number of hydrogen-bond acceptors (Lipinski definition) is 4. The third-order valence-electron chi connectivity index (χ3n) is 11.8. The zero-order chi connectivity index (χ0) is 24.0. The van der Waals surface area contributed by atoms with Gasteiger partial charge in [0, 0.05) is 5.41 Å². The minimum atomic E-state index is -0.874. The van der Waals surface area contributed by atoms with E-state index in [1.54, 1.807) is 0 Å². The van der Waals surface area contributed by atoms with Crippen molar-refractivity contribution < 1.29 is 25.2 Å². The van der Waals surface area contributed by atoms with Gasteiger partial charge < -0.3 is 20.4 Å². The fourth-order valence-electron chi connectivity index (χ4n) is 9.67. The monoisotopic (exact) mass is 460 g/mol. The predicted molar refractivity (Wildman–Crippen MR) is 126 cm³/mol. The Morgan fingerprint density at radius 3 is 2.33 bits per heavy atom. The number of rotatable bonds is 2. The quantitative estimate of drug-likeness (QED) is 0.458. The highest BCUT2D eigenvalue weighted by Gasteiger charge is 2.64. The molecule has 186 valence electrons. The molecule has 0 saturated heterocycles. The lowest BCUT2D eigenvalue weighted by molar-refractivity contribution is -0.190. The number of fused-ring (bicyclic) bond motifs is 7. The van der Waals surface area contributed by atoms with Crippen LogP contribution in [0.3, 0.4) is 0 Å². The van der Waals surface area contributed by atoms with Gasteiger partial charge in [0.1, 0.15) is 0 Å². The number of allylic oxidation sites excluding steroid dienone is 2. The Morgan fingerprint density at radius 1 is 1.00 bits per heavy atom. The summed E-state index contributed by atoms with van der Waals surface area (Å²) in [6, 6.07) is 0. The molecule has 0 radical (unpaired) electrons. The van der Waals surface area contributed by atoms with Gasteiger partial charge in [-0.1, -0.05) is 39.3 Å². The topological polar surface area (TPSA) is 98.0 Å². The van der Waals surface area contributed by atoms with Crippen molar-refractivity contribution in [1.29, 1.82) is 0 Å². The van der Waals surface area contributed by atoms with E-state index in [9.17, 15) is 25.2 Å². The first-order valence-electron chi connectivity index (χ1n) is 13.3. The summed E-state index contributed by atoms with van der Waals surface area (Å²) in [6.45, 7) is 8.86. The predicted octanol–water partition coefficient (Wildman–Crippen LogP) is 4.40. The Labute approximate surface area is 198 Å². The molecule has 5 unspecified atom stereocenters. The van der Waals surface area contributed by atoms with Gasteiger partial charge in [0.25, 0.3) is 0 Å². The zero-order valence-electron chi connectivity index (χ0n) is 20.9. The van der Waals surface area contributed by atoms with E-state index in [0.717, 1.165) is 51.4 Å². The van der Waals surface area contributed by atoms with Crippen molar-refractivity contribution in [2.45, 2.75) is 97.7 Å². The summed E-state index contributed by atoms with van der Waals surface area (Å²) in [5.41, 5.74) is 0.345. The van der Waals surface area contributed by atoms with Crippen LogP contribution in [0.2, 0.25) is 0 Å². The van der Waals surface area contributed by atoms with Crippen molar-refractivity contribution in [2.75, 3.05) is 6.61 Å². The van der Waals surface area contributed by atoms with E-state index in [1.807, 2.05) is 6.92 Å². The Bertz CT molecular complexity index is 849. The first kappa shape index (κ1) is 23.8. The highest BCUT2D eigenvalue weighted by molar-refractivity contribution is 5.76. The van der Waals surface area contributed by atoms with Crippen LogP contribution in [0, 0.1) is 51.2 Å². The maximum absolute atomic E-state index is 12.6. The molecule has 33 heavy (non-hydrogen) atoms. The van der Waals surface area contributed by atoms with Gasteiger partial charge >= 0.3 is 5.97 Å². The molecular formula is C28H44O5. The summed E-state index contributed by atoms with van der Waals surface area (Å²) >= 11 is 0. The fourth-order valence-corrected chi connectivity index (χ4v) is 9.67. The van der Waals surface area contributed by atoms with Gasteiger partial charge in [-0.3, -0.25) is 4.79 Å². The summed E-state index contributed by atoms with van der Waals surface area (Å²) < 4.78 is 0. The molecule has 0 amide bonds. The van der Waals surface area contributed by atoms with Crippen LogP contribution >= 0.6 is 0 Å². The Kier molecular flexibility index (Phi) is 5.44. The maximum atomic E-state index is 12.6. The maximum Gasteiger partial charge on any atom is 0.310 e. The summed E-state index contributed by atoms with van der Waals surface area (Å²) in [4.78, 5) is 12.6. The molecule has 0 bridgehead atoms. The number of aliphatic carboxylic acids is 1. The van der Waals surface area contributed by atoms with Crippen molar-refractivity contribution in [3.63, 3.8) is 0 Å². The standard InChI is InChI=1S/C28H44O5/c1-25(2)9-11-28(24(32)33)12-10-26(3)18-7-8-19-17(13-22(30)23(31)27(19,4)15-29)16(18)5-6-20(26)21(28)14-25/h6,16-19,21-23,29-31H,5,7-15H2,1-4H3,(H,32,33)/t16?,17?,18?,19?,21?,22-,23-,26-,27-,28-/m0/s1. The Morgan fingerprint density at radius 2 is 1.67 bits per heavy atom. The van der Waals surface area contributed by atoms with Crippen LogP contribution in [0.25, 0.3) is 0 Å². The lowest BCUT2D eigenvalue weighted by Crippen LogP contribution is -2.61. The summed E-state index contributed by atoms with van der Waals surface area (Å²) in [5.74, 6) is 0.955. The van der Waals surface area contributed by atoms with E-state index in [1.165, 1.54) is 5.57 Å². The first-order chi connectivity index (χ1) is 15.4. The van der Waals surface area contributed by atoms with Gasteiger partial charge in [0.2, 0.25) is 0 Å². The number of carbonyl (C=O) groups is 1. The highest BCUT2D eigenvalue weighted by Crippen LogP contribution is 2.69. The van der Waals surface area contributed by atoms with Gasteiger partial charge in [-0.2, -0.15) is 0 Å².